The molecule has 7 nitrogen and oxygen atoms in total. The third-order valence-corrected chi connectivity index (χ3v) is 4.28. The van der Waals surface area contributed by atoms with Gasteiger partial charge in [-0.25, -0.2) is 4.39 Å². The summed E-state index contributed by atoms with van der Waals surface area (Å²) in [6, 6.07) is 1.62. The van der Waals surface area contributed by atoms with E-state index in [4.69, 9.17) is 5.73 Å². The lowest BCUT2D eigenvalue weighted by atomic mass is 10.1. The molecule has 0 bridgehead atoms. The van der Waals surface area contributed by atoms with Crippen LogP contribution in [0.2, 0.25) is 0 Å². The Balaban J connectivity index is 2.36. The lowest BCUT2D eigenvalue weighted by Crippen LogP contribution is -2.42. The zero-order chi connectivity index (χ0) is 14.9. The quantitative estimate of drug-likeness (QED) is 0.487. The first kappa shape index (κ1) is 14.4. The van der Waals surface area contributed by atoms with Gasteiger partial charge in [0.2, 0.25) is 0 Å². The SMILES string of the molecule is Nc1cc(C(=O)N2CCS(=O)CC2)c([N+](=O)[O-])cc1F. The highest BCUT2D eigenvalue weighted by atomic mass is 32.2. The topological polar surface area (TPSA) is 107 Å². The van der Waals surface area contributed by atoms with Crippen LogP contribution in [0.5, 0.6) is 0 Å². The number of hydrogen-bond acceptors (Lipinski definition) is 5. The summed E-state index contributed by atoms with van der Waals surface area (Å²) in [4.78, 5) is 23.7. The number of hydrogen-bond donors (Lipinski definition) is 1. The van der Waals surface area contributed by atoms with Gasteiger partial charge < -0.3 is 10.6 Å². The zero-order valence-electron chi connectivity index (χ0n) is 10.4. The standard InChI is InChI=1S/C11H12FN3O4S/c12-8-6-10(15(17)18)7(5-9(8)13)11(16)14-1-3-20(19)4-2-14/h5-6H,1-4,13H2. The molecule has 0 radical (unpaired) electrons. The van der Waals surface area contributed by atoms with Gasteiger partial charge in [-0.2, -0.15) is 0 Å². The van der Waals surface area contributed by atoms with Crippen LogP contribution < -0.4 is 5.73 Å². The summed E-state index contributed by atoms with van der Waals surface area (Å²) in [7, 11) is -0.968. The van der Waals surface area contributed by atoms with E-state index in [1.54, 1.807) is 0 Å². The van der Waals surface area contributed by atoms with E-state index in [1.165, 1.54) is 4.90 Å². The van der Waals surface area contributed by atoms with Crippen molar-refractivity contribution in [2.45, 2.75) is 0 Å². The van der Waals surface area contributed by atoms with Gasteiger partial charge >= 0.3 is 0 Å². The van der Waals surface area contributed by atoms with Gasteiger partial charge in [0.25, 0.3) is 11.6 Å². The van der Waals surface area contributed by atoms with Crippen LogP contribution in [0.25, 0.3) is 0 Å². The first-order chi connectivity index (χ1) is 9.40. The number of amides is 1. The molecule has 1 fully saturated rings. The number of anilines is 1. The number of nitrogens with zero attached hydrogens (tertiary/aromatic N) is 2. The molecule has 0 aromatic heterocycles. The van der Waals surface area contributed by atoms with E-state index < -0.39 is 33.1 Å². The summed E-state index contributed by atoms with van der Waals surface area (Å²) in [6.45, 7) is 0.500. The number of nitrogens with two attached hydrogens (primary N) is 1. The van der Waals surface area contributed by atoms with Gasteiger partial charge in [0, 0.05) is 35.4 Å². The average Bonchev–Trinajstić information content (AvgIpc) is 2.41. The van der Waals surface area contributed by atoms with Crippen molar-refractivity contribution >= 4 is 28.1 Å². The van der Waals surface area contributed by atoms with E-state index in [9.17, 15) is 23.5 Å². The number of benzene rings is 1. The van der Waals surface area contributed by atoms with Gasteiger partial charge in [0.15, 0.2) is 5.82 Å². The molecule has 20 heavy (non-hydrogen) atoms. The maximum atomic E-state index is 13.3. The minimum Gasteiger partial charge on any atom is -0.396 e. The molecule has 0 atom stereocenters. The van der Waals surface area contributed by atoms with E-state index in [-0.39, 0.29) is 24.3 Å². The molecule has 0 aliphatic carbocycles. The highest BCUT2D eigenvalue weighted by Gasteiger charge is 2.28. The molecule has 2 N–H and O–H groups in total. The lowest BCUT2D eigenvalue weighted by Gasteiger charge is -2.26. The van der Waals surface area contributed by atoms with Gasteiger partial charge in [-0.05, 0) is 6.07 Å². The Bertz CT molecular complexity index is 598. The first-order valence-corrected chi connectivity index (χ1v) is 7.26. The van der Waals surface area contributed by atoms with Crippen molar-refractivity contribution in [2.75, 3.05) is 30.3 Å². The number of rotatable bonds is 2. The van der Waals surface area contributed by atoms with Gasteiger partial charge in [0.05, 0.1) is 16.7 Å². The van der Waals surface area contributed by atoms with E-state index in [0.29, 0.717) is 17.6 Å². The van der Waals surface area contributed by atoms with Crippen LogP contribution in [0.3, 0.4) is 0 Å². The number of carbonyl (C=O) groups is 1. The number of nitro benzene ring substituents is 1. The fraction of sp³-hybridized carbons (Fsp3) is 0.364. The molecule has 1 amide bonds. The number of nitrogen functional groups attached to an aromatic ring is 1. The molecule has 108 valence electrons. The molecule has 0 unspecified atom stereocenters. The molecule has 0 spiro atoms. The highest BCUT2D eigenvalue weighted by molar-refractivity contribution is 7.85. The fourth-order valence-electron chi connectivity index (χ4n) is 1.91. The monoisotopic (exact) mass is 301 g/mol. The molecule has 0 saturated carbocycles. The van der Waals surface area contributed by atoms with Crippen LogP contribution in [0.1, 0.15) is 10.4 Å². The summed E-state index contributed by atoms with van der Waals surface area (Å²) in [5, 5.41) is 10.9. The third-order valence-electron chi connectivity index (χ3n) is 3.01. The Morgan fingerprint density at radius 3 is 2.55 bits per heavy atom. The van der Waals surface area contributed by atoms with Crippen LogP contribution in [0.15, 0.2) is 12.1 Å². The number of carbonyl (C=O) groups excluding carboxylic acids is 1. The van der Waals surface area contributed by atoms with Crippen molar-refractivity contribution in [1.82, 2.24) is 4.90 Å². The maximum Gasteiger partial charge on any atom is 0.285 e. The van der Waals surface area contributed by atoms with Crippen LogP contribution in [0, 0.1) is 15.9 Å². The van der Waals surface area contributed by atoms with Crippen molar-refractivity contribution in [1.29, 1.82) is 0 Å². The van der Waals surface area contributed by atoms with E-state index in [0.717, 1.165) is 6.07 Å². The number of halogens is 1. The van der Waals surface area contributed by atoms with Crippen LogP contribution in [-0.4, -0.2) is 44.5 Å². The summed E-state index contributed by atoms with van der Waals surface area (Å²) in [5.74, 6) is -0.875. The summed E-state index contributed by atoms with van der Waals surface area (Å²) in [6.07, 6.45) is 0. The fourth-order valence-corrected chi connectivity index (χ4v) is 2.97. The van der Waals surface area contributed by atoms with Crippen molar-refractivity contribution in [3.63, 3.8) is 0 Å². The molecular formula is C11H12FN3O4S. The van der Waals surface area contributed by atoms with Crippen molar-refractivity contribution < 1.29 is 18.3 Å². The van der Waals surface area contributed by atoms with Crippen LogP contribution in [0.4, 0.5) is 15.8 Å². The average molecular weight is 301 g/mol. The molecule has 9 heteroatoms. The second kappa shape index (κ2) is 5.53. The van der Waals surface area contributed by atoms with Crippen LogP contribution >= 0.6 is 0 Å². The molecular weight excluding hydrogens is 289 g/mol. The van der Waals surface area contributed by atoms with Gasteiger partial charge in [-0.15, -0.1) is 0 Å². The minimum absolute atomic E-state index is 0.249. The second-order valence-corrected chi connectivity index (χ2v) is 5.98. The van der Waals surface area contributed by atoms with Crippen LogP contribution in [-0.2, 0) is 10.8 Å². The minimum atomic E-state index is -0.968. The highest BCUT2D eigenvalue weighted by Crippen LogP contribution is 2.26. The number of nitro groups is 1. The Hall–Kier alpha value is -2.03. The largest absolute Gasteiger partial charge is 0.396 e. The van der Waals surface area contributed by atoms with Crippen molar-refractivity contribution in [2.24, 2.45) is 0 Å². The van der Waals surface area contributed by atoms with Gasteiger partial charge in [-0.3, -0.25) is 19.1 Å². The Morgan fingerprint density at radius 1 is 1.40 bits per heavy atom. The molecule has 2 rings (SSSR count). The Kier molecular flexibility index (Phi) is 3.98. The maximum absolute atomic E-state index is 13.3. The normalized spacial score (nSPS) is 16.1. The van der Waals surface area contributed by atoms with E-state index >= 15 is 0 Å². The zero-order valence-corrected chi connectivity index (χ0v) is 11.2. The Morgan fingerprint density at radius 2 is 2.00 bits per heavy atom. The molecule has 1 heterocycles. The summed E-state index contributed by atoms with van der Waals surface area (Å²) < 4.78 is 24.5. The molecule has 1 aromatic rings. The van der Waals surface area contributed by atoms with E-state index in [2.05, 4.69) is 0 Å². The second-order valence-electron chi connectivity index (χ2n) is 4.29. The van der Waals surface area contributed by atoms with Gasteiger partial charge in [0.1, 0.15) is 5.56 Å². The van der Waals surface area contributed by atoms with E-state index in [1.807, 2.05) is 0 Å². The predicted octanol–water partition coefficient (Wildman–Crippen LogP) is 0.521. The molecule has 1 aliphatic heterocycles. The van der Waals surface area contributed by atoms with Crippen molar-refractivity contribution in [3.8, 4) is 0 Å². The third kappa shape index (κ3) is 2.77. The van der Waals surface area contributed by atoms with Crippen molar-refractivity contribution in [3.05, 3.63) is 33.6 Å². The molecule has 1 saturated heterocycles. The lowest BCUT2D eigenvalue weighted by molar-refractivity contribution is -0.385. The Labute approximate surface area is 116 Å². The predicted molar refractivity (Wildman–Crippen MR) is 71.2 cm³/mol. The molecule has 1 aliphatic rings. The summed E-state index contributed by atoms with van der Waals surface area (Å²) >= 11 is 0. The molecule has 1 aromatic carbocycles. The summed E-state index contributed by atoms with van der Waals surface area (Å²) in [5.41, 5.74) is 4.18. The smallest absolute Gasteiger partial charge is 0.285 e. The van der Waals surface area contributed by atoms with Gasteiger partial charge in [-0.1, -0.05) is 0 Å². The first-order valence-electron chi connectivity index (χ1n) is 5.78.